The van der Waals surface area contributed by atoms with Crippen LogP contribution in [0.25, 0.3) is 0 Å². The summed E-state index contributed by atoms with van der Waals surface area (Å²) in [6.45, 7) is 0.231. The van der Waals surface area contributed by atoms with E-state index in [2.05, 4.69) is 15.7 Å². The van der Waals surface area contributed by atoms with Crippen molar-refractivity contribution in [3.05, 3.63) is 59.9 Å². The van der Waals surface area contributed by atoms with Gasteiger partial charge in [-0.05, 0) is 42.7 Å². The second-order valence-electron chi connectivity index (χ2n) is 7.69. The van der Waals surface area contributed by atoms with Crippen molar-refractivity contribution in [2.45, 2.75) is 36.7 Å². The predicted molar refractivity (Wildman–Crippen MR) is 127 cm³/mol. The third-order valence-electron chi connectivity index (χ3n) is 4.94. The summed E-state index contributed by atoms with van der Waals surface area (Å²) in [5.41, 5.74) is 8.83. The zero-order valence-corrected chi connectivity index (χ0v) is 19.9. The number of nitrogens with two attached hydrogens (primary N) is 1. The van der Waals surface area contributed by atoms with Gasteiger partial charge in [-0.1, -0.05) is 12.1 Å². The smallest absolute Gasteiger partial charge is 0.328 e. The molecule has 0 unspecified atom stereocenters. The number of carbonyl (C=O) groups excluding carboxylic acids is 2. The van der Waals surface area contributed by atoms with E-state index >= 15 is 0 Å². The van der Waals surface area contributed by atoms with Gasteiger partial charge in [-0.3, -0.25) is 25.0 Å². The summed E-state index contributed by atoms with van der Waals surface area (Å²) in [5.74, 6) is -2.81. The van der Waals surface area contributed by atoms with Crippen LogP contribution in [0.5, 0.6) is 0 Å². The molecule has 2 rings (SSSR count). The van der Waals surface area contributed by atoms with Gasteiger partial charge in [-0.2, -0.15) is 0 Å². The molecule has 35 heavy (non-hydrogen) atoms. The average molecular weight is 505 g/mol. The number of nitrogens with one attached hydrogen (secondary N) is 3. The molecule has 1 heterocycles. The van der Waals surface area contributed by atoms with Crippen molar-refractivity contribution in [3.8, 4) is 0 Å². The number of aromatic nitrogens is 1. The van der Waals surface area contributed by atoms with E-state index in [4.69, 9.17) is 11.1 Å². The molecular weight excluding hydrogens is 476 g/mol. The van der Waals surface area contributed by atoms with Crippen molar-refractivity contribution in [2.24, 2.45) is 5.73 Å². The minimum absolute atomic E-state index is 0.00629. The van der Waals surface area contributed by atoms with Crippen molar-refractivity contribution in [2.75, 3.05) is 12.8 Å². The van der Waals surface area contributed by atoms with Gasteiger partial charge < -0.3 is 16.2 Å². The number of ketones is 1. The van der Waals surface area contributed by atoms with E-state index in [9.17, 15) is 27.9 Å². The van der Waals surface area contributed by atoms with Crippen LogP contribution >= 0.6 is 0 Å². The largest absolute Gasteiger partial charge is 0.480 e. The normalized spacial score (nSPS) is 11.9. The molecule has 0 aliphatic rings. The molecular formula is C22H28N6O6S. The highest BCUT2D eigenvalue weighted by molar-refractivity contribution is 7.90. The number of carboxylic acid groups (broad SMARTS) is 1. The number of pyridine rings is 1. The zero-order valence-electron chi connectivity index (χ0n) is 19.1. The maximum absolute atomic E-state index is 13.0. The molecule has 2 aromatic rings. The number of hydrogen-bond acceptors (Lipinski definition) is 8. The summed E-state index contributed by atoms with van der Waals surface area (Å²) < 4.78 is 23.3. The van der Waals surface area contributed by atoms with Gasteiger partial charge in [0.05, 0.1) is 11.3 Å². The lowest BCUT2D eigenvalue weighted by Crippen LogP contribution is -2.53. The first-order valence-electron chi connectivity index (χ1n) is 10.6. The number of benzene rings is 1. The molecule has 12 nitrogen and oxygen atoms in total. The third-order valence-corrected chi connectivity index (χ3v) is 6.06. The number of guanidine groups is 1. The monoisotopic (exact) mass is 504 g/mol. The summed E-state index contributed by atoms with van der Waals surface area (Å²) in [7, 11) is -3.38. The second-order valence-corrected chi connectivity index (χ2v) is 9.71. The molecule has 0 saturated carbocycles. The summed E-state index contributed by atoms with van der Waals surface area (Å²) in [4.78, 5) is 41.5. The highest BCUT2D eigenvalue weighted by atomic mass is 32.2. The Morgan fingerprint density at radius 3 is 2.43 bits per heavy atom. The topological polar surface area (TPSA) is 196 Å². The van der Waals surface area contributed by atoms with Gasteiger partial charge in [0, 0.05) is 37.3 Å². The van der Waals surface area contributed by atoms with Crippen molar-refractivity contribution < 1.29 is 27.9 Å². The fourth-order valence-electron chi connectivity index (χ4n) is 3.14. The first kappa shape index (κ1) is 27.4. The Kier molecular flexibility index (Phi) is 9.85. The van der Waals surface area contributed by atoms with Gasteiger partial charge in [0.1, 0.15) is 6.04 Å². The predicted octanol–water partition coefficient (Wildman–Crippen LogP) is 0.308. The molecule has 13 heteroatoms. The number of rotatable bonds is 13. The first-order valence-corrected chi connectivity index (χ1v) is 12.5. The number of hydrazine groups is 1. The van der Waals surface area contributed by atoms with Crippen LogP contribution in [0.4, 0.5) is 0 Å². The van der Waals surface area contributed by atoms with E-state index in [-0.39, 0.29) is 42.3 Å². The van der Waals surface area contributed by atoms with Crippen LogP contribution in [0.2, 0.25) is 0 Å². The number of Topliss-reactive ketones (excluding diaryl/α,β-unsaturated/α-hetero) is 1. The number of hydrogen-bond donors (Lipinski definition) is 5. The third kappa shape index (κ3) is 8.79. The van der Waals surface area contributed by atoms with Gasteiger partial charge in [-0.15, -0.1) is 0 Å². The summed E-state index contributed by atoms with van der Waals surface area (Å²) >= 11 is 0. The van der Waals surface area contributed by atoms with Gasteiger partial charge in [0.2, 0.25) is 5.91 Å². The first-order chi connectivity index (χ1) is 16.5. The van der Waals surface area contributed by atoms with E-state index in [1.807, 2.05) is 0 Å². The molecule has 0 saturated heterocycles. The maximum Gasteiger partial charge on any atom is 0.328 e. The molecule has 0 bridgehead atoms. The van der Waals surface area contributed by atoms with Crippen LogP contribution in [0.15, 0.2) is 53.7 Å². The van der Waals surface area contributed by atoms with Gasteiger partial charge in [-0.25, -0.2) is 18.6 Å². The Morgan fingerprint density at radius 2 is 1.89 bits per heavy atom. The molecule has 0 spiro atoms. The SMILES string of the molecule is CS(=O)(=O)c1ccc(CNN(C(=O)CC(=O)c2cccnc2)[C@@H](CCCNC(=N)N)C(=O)O)cc1. The number of carboxylic acids is 1. The number of carbonyl (C=O) groups is 3. The van der Waals surface area contributed by atoms with Crippen LogP contribution in [0.1, 0.15) is 35.2 Å². The highest BCUT2D eigenvalue weighted by Gasteiger charge is 2.30. The molecule has 1 aromatic carbocycles. The Morgan fingerprint density at radius 1 is 1.20 bits per heavy atom. The number of aliphatic carboxylic acids is 1. The minimum atomic E-state index is -3.38. The van der Waals surface area contributed by atoms with Crippen LogP contribution in [0.3, 0.4) is 0 Å². The van der Waals surface area contributed by atoms with E-state index < -0.39 is 40.0 Å². The van der Waals surface area contributed by atoms with E-state index in [0.29, 0.717) is 5.56 Å². The molecule has 0 aliphatic heterocycles. The lowest BCUT2D eigenvalue weighted by molar-refractivity contribution is -0.153. The number of amides is 1. The van der Waals surface area contributed by atoms with E-state index in [1.165, 1.54) is 30.6 Å². The van der Waals surface area contributed by atoms with Crippen LogP contribution < -0.4 is 16.5 Å². The fourth-order valence-corrected chi connectivity index (χ4v) is 3.77. The molecule has 6 N–H and O–H groups in total. The summed E-state index contributed by atoms with van der Waals surface area (Å²) in [5, 5.41) is 20.5. The fraction of sp³-hybridized carbons (Fsp3) is 0.318. The molecule has 0 fully saturated rings. The van der Waals surface area contributed by atoms with Crippen molar-refractivity contribution in [1.82, 2.24) is 20.7 Å². The van der Waals surface area contributed by atoms with Gasteiger partial charge >= 0.3 is 5.97 Å². The molecule has 188 valence electrons. The van der Waals surface area contributed by atoms with Gasteiger partial charge in [0.15, 0.2) is 21.6 Å². The van der Waals surface area contributed by atoms with Crippen molar-refractivity contribution >= 4 is 33.5 Å². The maximum atomic E-state index is 13.0. The zero-order chi connectivity index (χ0) is 26.0. The van der Waals surface area contributed by atoms with Crippen molar-refractivity contribution in [1.29, 1.82) is 5.41 Å². The molecule has 1 amide bonds. The van der Waals surface area contributed by atoms with E-state index in [1.54, 1.807) is 18.2 Å². The van der Waals surface area contributed by atoms with Crippen LogP contribution in [-0.2, 0) is 26.0 Å². The number of nitrogens with zero attached hydrogens (tertiary/aromatic N) is 2. The quantitative estimate of drug-likeness (QED) is 0.0632. The Bertz CT molecular complexity index is 1150. The minimum Gasteiger partial charge on any atom is -0.480 e. The van der Waals surface area contributed by atoms with Gasteiger partial charge in [0.25, 0.3) is 0 Å². The Balaban J connectivity index is 2.20. The summed E-state index contributed by atoms with van der Waals surface area (Å²) in [6.07, 6.45) is 3.60. The standard InChI is InChI=1S/C22H28N6O6S/c1-35(33,34)17-8-6-15(7-9-17)13-27-28(18(21(31)32)5-3-11-26-22(23)24)20(30)12-19(29)16-4-2-10-25-14-16/h2,4,6-10,14,18,27H,3,5,11-13H2,1H3,(H,31,32)(H4,23,24,26)/t18-/m0/s1. The highest BCUT2D eigenvalue weighted by Crippen LogP contribution is 2.13. The average Bonchev–Trinajstić information content (AvgIpc) is 2.80. The molecule has 1 aromatic heterocycles. The van der Waals surface area contributed by atoms with Crippen LogP contribution in [-0.4, -0.2) is 66.0 Å². The Hall–Kier alpha value is -3.84. The van der Waals surface area contributed by atoms with Crippen molar-refractivity contribution in [3.63, 3.8) is 0 Å². The second kappa shape index (κ2) is 12.6. The Labute approximate surface area is 202 Å². The lowest BCUT2D eigenvalue weighted by atomic mass is 10.1. The van der Waals surface area contributed by atoms with Crippen LogP contribution in [0, 0.1) is 5.41 Å². The molecule has 1 atom stereocenters. The lowest BCUT2D eigenvalue weighted by Gasteiger charge is -2.29. The van der Waals surface area contributed by atoms with E-state index in [0.717, 1.165) is 11.3 Å². The molecule has 0 aliphatic carbocycles. The molecule has 0 radical (unpaired) electrons. The summed E-state index contributed by atoms with van der Waals surface area (Å²) in [6, 6.07) is 7.65. The number of sulfone groups is 1.